The second-order valence-corrected chi connectivity index (χ2v) is 6.61. The Hall–Kier alpha value is -2.37. The van der Waals surface area contributed by atoms with Gasteiger partial charge >= 0.3 is 0 Å². The highest BCUT2D eigenvalue weighted by Gasteiger charge is 2.19. The zero-order valence-corrected chi connectivity index (χ0v) is 15.2. The van der Waals surface area contributed by atoms with E-state index in [4.69, 9.17) is 16.3 Å². The van der Waals surface area contributed by atoms with E-state index in [-0.39, 0.29) is 18.4 Å². The van der Waals surface area contributed by atoms with E-state index in [0.29, 0.717) is 24.6 Å². The molecule has 1 saturated heterocycles. The molecule has 0 radical (unpaired) electrons. The molecule has 0 atom stereocenters. The van der Waals surface area contributed by atoms with Gasteiger partial charge in [0, 0.05) is 29.4 Å². The van der Waals surface area contributed by atoms with Gasteiger partial charge in [-0.3, -0.25) is 9.59 Å². The van der Waals surface area contributed by atoms with Gasteiger partial charge in [0.05, 0.1) is 6.61 Å². The van der Waals surface area contributed by atoms with E-state index in [2.05, 4.69) is 5.32 Å². The molecule has 6 heteroatoms. The van der Waals surface area contributed by atoms with Gasteiger partial charge in [0.15, 0.2) is 0 Å². The number of anilines is 2. The Morgan fingerprint density at radius 1 is 1.12 bits per heavy atom. The number of amides is 2. The number of carbonyl (C=O) groups is 2. The summed E-state index contributed by atoms with van der Waals surface area (Å²) in [6.07, 6.45) is 2.06. The number of carbonyl (C=O) groups excluding carboxylic acids is 2. The third-order valence-electron chi connectivity index (χ3n) is 4.23. The second kappa shape index (κ2) is 8.83. The van der Waals surface area contributed by atoms with E-state index in [1.54, 1.807) is 4.90 Å². The van der Waals surface area contributed by atoms with E-state index in [1.165, 1.54) is 5.56 Å². The fraction of sp³-hybridized carbons (Fsp3) is 0.300. The zero-order valence-electron chi connectivity index (χ0n) is 14.4. The van der Waals surface area contributed by atoms with Crippen LogP contribution in [0.1, 0.15) is 18.4 Å². The van der Waals surface area contributed by atoms with E-state index < -0.39 is 0 Å². The molecule has 1 aliphatic heterocycles. The topological polar surface area (TPSA) is 58.6 Å². The van der Waals surface area contributed by atoms with Crippen LogP contribution in [-0.2, 0) is 20.7 Å². The van der Waals surface area contributed by atoms with Crippen LogP contribution in [0.4, 0.5) is 11.4 Å². The maximum Gasteiger partial charge on any atom is 0.253 e. The molecule has 0 unspecified atom stereocenters. The van der Waals surface area contributed by atoms with Gasteiger partial charge in [-0.05, 0) is 54.8 Å². The Morgan fingerprint density at radius 2 is 1.85 bits per heavy atom. The fourth-order valence-electron chi connectivity index (χ4n) is 2.84. The van der Waals surface area contributed by atoms with Crippen LogP contribution >= 0.6 is 11.6 Å². The summed E-state index contributed by atoms with van der Waals surface area (Å²) in [6.45, 7) is 1.21. The monoisotopic (exact) mass is 372 g/mol. The summed E-state index contributed by atoms with van der Waals surface area (Å²) >= 11 is 5.86. The highest BCUT2D eigenvalue weighted by atomic mass is 35.5. The number of rotatable bonds is 6. The van der Waals surface area contributed by atoms with E-state index in [1.807, 2.05) is 48.5 Å². The van der Waals surface area contributed by atoms with E-state index in [9.17, 15) is 9.59 Å². The molecule has 2 amide bonds. The Bertz CT molecular complexity index is 760. The van der Waals surface area contributed by atoms with Crippen molar-refractivity contribution >= 4 is 34.8 Å². The number of ether oxygens (including phenoxy) is 1. The van der Waals surface area contributed by atoms with Crippen molar-refractivity contribution in [3.8, 4) is 0 Å². The molecule has 0 aromatic heterocycles. The highest BCUT2D eigenvalue weighted by molar-refractivity contribution is 6.30. The minimum absolute atomic E-state index is 0.0193. The predicted molar refractivity (Wildman–Crippen MR) is 103 cm³/mol. The van der Waals surface area contributed by atoms with Crippen molar-refractivity contribution in [2.75, 3.05) is 30.0 Å². The van der Waals surface area contributed by atoms with Gasteiger partial charge in [-0.15, -0.1) is 0 Å². The van der Waals surface area contributed by atoms with Gasteiger partial charge in [0.25, 0.3) is 5.91 Å². The van der Waals surface area contributed by atoms with Gasteiger partial charge in [-0.25, -0.2) is 0 Å². The molecule has 2 aromatic rings. The summed E-state index contributed by atoms with van der Waals surface area (Å²) in [5.41, 5.74) is 2.71. The van der Waals surface area contributed by atoms with Crippen LogP contribution < -0.4 is 10.2 Å². The summed E-state index contributed by atoms with van der Waals surface area (Å²) in [5, 5.41) is 3.61. The van der Waals surface area contributed by atoms with Gasteiger partial charge in [-0.1, -0.05) is 23.7 Å². The molecule has 1 N–H and O–H groups in total. The smallest absolute Gasteiger partial charge is 0.253 e. The first-order valence-corrected chi connectivity index (χ1v) is 9.02. The molecule has 0 bridgehead atoms. The number of halogens is 1. The highest BCUT2D eigenvalue weighted by Crippen LogP contribution is 2.20. The number of nitrogens with zero attached hydrogens (tertiary/aromatic N) is 1. The summed E-state index contributed by atoms with van der Waals surface area (Å²) in [7, 11) is 0. The first-order valence-electron chi connectivity index (χ1n) is 8.64. The van der Waals surface area contributed by atoms with Crippen molar-refractivity contribution in [3.05, 3.63) is 59.1 Å². The molecular formula is C20H21ClN2O3. The maximum absolute atomic E-state index is 12.1. The van der Waals surface area contributed by atoms with E-state index in [0.717, 1.165) is 24.2 Å². The average Bonchev–Trinajstić information content (AvgIpc) is 2.65. The van der Waals surface area contributed by atoms with Crippen LogP contribution in [0.2, 0.25) is 5.02 Å². The second-order valence-electron chi connectivity index (χ2n) is 6.17. The van der Waals surface area contributed by atoms with Crippen molar-refractivity contribution in [3.63, 3.8) is 0 Å². The number of hydrogen-bond acceptors (Lipinski definition) is 3. The van der Waals surface area contributed by atoms with Gasteiger partial charge < -0.3 is 15.0 Å². The fourth-order valence-corrected chi connectivity index (χ4v) is 2.97. The third-order valence-corrected chi connectivity index (χ3v) is 4.48. The molecule has 26 heavy (non-hydrogen) atoms. The molecule has 5 nitrogen and oxygen atoms in total. The standard InChI is InChI=1S/C20H21ClN2O3/c21-16-6-4-15(5-7-16)2-1-3-19(24)22-17-8-10-18(11-9-17)23-12-13-26-14-20(23)25/h4-11H,1-3,12-14H2,(H,22,24). The van der Waals surface area contributed by atoms with Crippen LogP contribution in [-0.4, -0.2) is 31.6 Å². The van der Waals surface area contributed by atoms with Crippen molar-refractivity contribution in [1.29, 1.82) is 0 Å². The van der Waals surface area contributed by atoms with Crippen LogP contribution in [0.5, 0.6) is 0 Å². The number of aryl methyl sites for hydroxylation is 1. The lowest BCUT2D eigenvalue weighted by molar-refractivity contribution is -0.125. The number of nitrogens with one attached hydrogen (secondary N) is 1. The van der Waals surface area contributed by atoms with Gasteiger partial charge in [0.2, 0.25) is 5.91 Å². The van der Waals surface area contributed by atoms with E-state index >= 15 is 0 Å². The number of benzene rings is 2. The molecule has 1 aliphatic rings. The van der Waals surface area contributed by atoms with Crippen LogP contribution in [0.3, 0.4) is 0 Å². The lowest BCUT2D eigenvalue weighted by Crippen LogP contribution is -2.41. The molecule has 0 spiro atoms. The largest absolute Gasteiger partial charge is 0.370 e. The normalized spacial score (nSPS) is 14.3. The molecule has 1 fully saturated rings. The maximum atomic E-state index is 12.1. The van der Waals surface area contributed by atoms with Crippen molar-refractivity contribution in [1.82, 2.24) is 0 Å². The molecule has 0 aliphatic carbocycles. The number of hydrogen-bond donors (Lipinski definition) is 1. The Labute approximate surface area is 157 Å². The van der Waals surface area contributed by atoms with Gasteiger partial charge in [0.1, 0.15) is 6.61 Å². The minimum atomic E-state index is -0.0461. The molecule has 2 aromatic carbocycles. The predicted octanol–water partition coefficient (Wildman–Crippen LogP) is 3.66. The quantitative estimate of drug-likeness (QED) is 0.841. The number of morpholine rings is 1. The molecule has 3 rings (SSSR count). The molecule has 136 valence electrons. The SMILES string of the molecule is O=C(CCCc1ccc(Cl)cc1)Nc1ccc(N2CCOCC2=O)cc1. The van der Waals surface area contributed by atoms with Crippen LogP contribution in [0, 0.1) is 0 Å². The van der Waals surface area contributed by atoms with Crippen LogP contribution in [0.25, 0.3) is 0 Å². The first-order chi connectivity index (χ1) is 12.6. The Balaban J connectivity index is 1.46. The van der Waals surface area contributed by atoms with Crippen molar-refractivity contribution < 1.29 is 14.3 Å². The zero-order chi connectivity index (χ0) is 18.4. The molecule has 0 saturated carbocycles. The molecule has 1 heterocycles. The lowest BCUT2D eigenvalue weighted by atomic mass is 10.1. The summed E-state index contributed by atoms with van der Waals surface area (Å²) in [5.74, 6) is -0.0654. The third kappa shape index (κ3) is 5.07. The molecular weight excluding hydrogens is 352 g/mol. The average molecular weight is 373 g/mol. The first kappa shape index (κ1) is 18.4. The van der Waals surface area contributed by atoms with Crippen molar-refractivity contribution in [2.45, 2.75) is 19.3 Å². The van der Waals surface area contributed by atoms with Crippen LogP contribution in [0.15, 0.2) is 48.5 Å². The lowest BCUT2D eigenvalue weighted by Gasteiger charge is -2.26. The Kier molecular flexibility index (Phi) is 6.26. The van der Waals surface area contributed by atoms with Gasteiger partial charge in [-0.2, -0.15) is 0 Å². The summed E-state index contributed by atoms with van der Waals surface area (Å²) in [6, 6.07) is 15.0. The Morgan fingerprint density at radius 3 is 2.54 bits per heavy atom. The summed E-state index contributed by atoms with van der Waals surface area (Å²) in [4.78, 5) is 25.6. The van der Waals surface area contributed by atoms with Crippen molar-refractivity contribution in [2.24, 2.45) is 0 Å². The minimum Gasteiger partial charge on any atom is -0.370 e. The summed E-state index contributed by atoms with van der Waals surface area (Å²) < 4.78 is 5.13.